The minimum atomic E-state index is 0. The van der Waals surface area contributed by atoms with Crippen molar-refractivity contribution in [3.63, 3.8) is 0 Å². The highest BCUT2D eigenvalue weighted by molar-refractivity contribution is 6.31. The number of hydrogen-bond donors (Lipinski definition) is 1. The molecule has 2 rings (SSSR count). The van der Waals surface area contributed by atoms with Crippen LogP contribution >= 0.6 is 24.0 Å². The van der Waals surface area contributed by atoms with E-state index in [1.54, 1.807) is 0 Å². The Hall–Kier alpha value is -1.02. The highest BCUT2D eigenvalue weighted by Crippen LogP contribution is 2.17. The standard InChI is InChI=1S/C18H22ClN.ClH/c1-14-7-5-9-17(13-14)15(2)20-12-6-10-16-8-3-4-11-18(16)19;/h3-5,7-9,11,13,15,20H,6,10,12H2,1-2H3;1H/t15-;/m1./s1. The number of aryl methyl sites for hydroxylation is 2. The van der Waals surface area contributed by atoms with Crippen LogP contribution in [0.2, 0.25) is 5.02 Å². The van der Waals surface area contributed by atoms with Crippen molar-refractivity contribution in [2.75, 3.05) is 6.54 Å². The lowest BCUT2D eigenvalue weighted by Gasteiger charge is -2.15. The van der Waals surface area contributed by atoms with Gasteiger partial charge < -0.3 is 5.32 Å². The summed E-state index contributed by atoms with van der Waals surface area (Å²) in [5, 5.41) is 4.45. The van der Waals surface area contributed by atoms with Crippen molar-refractivity contribution >= 4 is 24.0 Å². The largest absolute Gasteiger partial charge is 0.310 e. The SMILES string of the molecule is Cc1cccc([C@@H](C)NCCCc2ccccc2Cl)c1.Cl. The van der Waals surface area contributed by atoms with Crippen molar-refractivity contribution in [2.24, 2.45) is 0 Å². The lowest BCUT2D eigenvalue weighted by atomic mass is 10.1. The van der Waals surface area contributed by atoms with Crippen LogP contribution in [-0.4, -0.2) is 6.54 Å². The zero-order valence-corrected chi connectivity index (χ0v) is 14.2. The first-order valence-corrected chi connectivity index (χ1v) is 7.58. The van der Waals surface area contributed by atoms with E-state index in [0.29, 0.717) is 6.04 Å². The normalized spacial score (nSPS) is 11.8. The van der Waals surface area contributed by atoms with Crippen molar-refractivity contribution in [3.05, 3.63) is 70.2 Å². The van der Waals surface area contributed by atoms with Gasteiger partial charge in [0.2, 0.25) is 0 Å². The smallest absolute Gasteiger partial charge is 0.0437 e. The van der Waals surface area contributed by atoms with Crippen molar-refractivity contribution in [2.45, 2.75) is 32.7 Å². The molecule has 0 fully saturated rings. The minimum Gasteiger partial charge on any atom is -0.310 e. The van der Waals surface area contributed by atoms with Crippen LogP contribution in [0.5, 0.6) is 0 Å². The summed E-state index contributed by atoms with van der Waals surface area (Å²) < 4.78 is 0. The van der Waals surface area contributed by atoms with Gasteiger partial charge in [0.05, 0.1) is 0 Å². The summed E-state index contributed by atoms with van der Waals surface area (Å²) in [7, 11) is 0. The third kappa shape index (κ3) is 5.70. The summed E-state index contributed by atoms with van der Waals surface area (Å²) in [6, 6.07) is 17.1. The number of rotatable bonds is 6. The molecule has 0 aliphatic heterocycles. The first kappa shape index (κ1) is 18.0. The average molecular weight is 324 g/mol. The molecule has 0 amide bonds. The van der Waals surface area contributed by atoms with E-state index in [9.17, 15) is 0 Å². The first-order chi connectivity index (χ1) is 9.66. The van der Waals surface area contributed by atoms with E-state index in [4.69, 9.17) is 11.6 Å². The van der Waals surface area contributed by atoms with Crippen LogP contribution in [0.15, 0.2) is 48.5 Å². The molecule has 114 valence electrons. The molecule has 1 N–H and O–H groups in total. The molecule has 0 bridgehead atoms. The van der Waals surface area contributed by atoms with Crippen molar-refractivity contribution in [1.82, 2.24) is 5.32 Å². The van der Waals surface area contributed by atoms with Gasteiger partial charge in [0.15, 0.2) is 0 Å². The highest BCUT2D eigenvalue weighted by atomic mass is 35.5. The maximum atomic E-state index is 6.16. The van der Waals surface area contributed by atoms with Crippen LogP contribution in [0.25, 0.3) is 0 Å². The van der Waals surface area contributed by atoms with E-state index in [-0.39, 0.29) is 12.4 Å². The molecule has 1 atom stereocenters. The van der Waals surface area contributed by atoms with Crippen LogP contribution in [0.3, 0.4) is 0 Å². The summed E-state index contributed by atoms with van der Waals surface area (Å²) in [6.45, 7) is 5.35. The maximum Gasteiger partial charge on any atom is 0.0437 e. The van der Waals surface area contributed by atoms with Crippen molar-refractivity contribution in [1.29, 1.82) is 0 Å². The van der Waals surface area contributed by atoms with Crippen LogP contribution in [0.4, 0.5) is 0 Å². The molecular weight excluding hydrogens is 301 g/mol. The van der Waals surface area contributed by atoms with Gasteiger partial charge in [-0.3, -0.25) is 0 Å². The Balaban J connectivity index is 0.00000220. The van der Waals surface area contributed by atoms with E-state index in [2.05, 4.69) is 49.5 Å². The molecule has 3 heteroatoms. The fourth-order valence-corrected chi connectivity index (χ4v) is 2.59. The Morgan fingerprint density at radius 1 is 1.10 bits per heavy atom. The minimum absolute atomic E-state index is 0. The summed E-state index contributed by atoms with van der Waals surface area (Å²) >= 11 is 6.16. The molecule has 0 heterocycles. The fraction of sp³-hybridized carbons (Fsp3) is 0.333. The van der Waals surface area contributed by atoms with Gasteiger partial charge in [-0.1, -0.05) is 59.6 Å². The van der Waals surface area contributed by atoms with Crippen molar-refractivity contribution in [3.8, 4) is 0 Å². The number of benzene rings is 2. The summed E-state index contributed by atoms with van der Waals surface area (Å²) in [5.74, 6) is 0. The van der Waals surface area contributed by atoms with Crippen LogP contribution in [-0.2, 0) is 6.42 Å². The van der Waals surface area contributed by atoms with Crippen LogP contribution in [0.1, 0.15) is 36.1 Å². The van der Waals surface area contributed by atoms with Gasteiger partial charge >= 0.3 is 0 Å². The van der Waals surface area contributed by atoms with Crippen molar-refractivity contribution < 1.29 is 0 Å². The lowest BCUT2D eigenvalue weighted by molar-refractivity contribution is 0.558. The Labute approximate surface area is 139 Å². The molecule has 1 nitrogen and oxygen atoms in total. The van der Waals surface area contributed by atoms with Gasteiger partial charge in [-0.25, -0.2) is 0 Å². The highest BCUT2D eigenvalue weighted by Gasteiger charge is 2.04. The van der Waals surface area contributed by atoms with Gasteiger partial charge in [-0.15, -0.1) is 12.4 Å². The van der Waals surface area contributed by atoms with Gasteiger partial charge in [0, 0.05) is 11.1 Å². The molecule has 0 saturated heterocycles. The average Bonchev–Trinajstić information content (AvgIpc) is 2.45. The zero-order chi connectivity index (χ0) is 14.4. The molecule has 21 heavy (non-hydrogen) atoms. The number of nitrogens with one attached hydrogen (secondary N) is 1. The molecule has 0 radical (unpaired) electrons. The van der Waals surface area contributed by atoms with E-state index >= 15 is 0 Å². The topological polar surface area (TPSA) is 12.0 Å². The Kier molecular flexibility index (Phi) is 7.81. The molecule has 0 unspecified atom stereocenters. The first-order valence-electron chi connectivity index (χ1n) is 7.20. The molecule has 0 spiro atoms. The molecule has 2 aromatic rings. The fourth-order valence-electron chi connectivity index (χ4n) is 2.36. The zero-order valence-electron chi connectivity index (χ0n) is 12.6. The summed E-state index contributed by atoms with van der Waals surface area (Å²) in [6.07, 6.45) is 2.12. The van der Waals surface area contributed by atoms with E-state index < -0.39 is 0 Å². The van der Waals surface area contributed by atoms with E-state index in [0.717, 1.165) is 24.4 Å². The molecule has 2 aromatic carbocycles. The van der Waals surface area contributed by atoms with E-state index in [1.807, 2.05) is 18.2 Å². The number of hydrogen-bond acceptors (Lipinski definition) is 1. The molecule has 0 aromatic heterocycles. The third-order valence-electron chi connectivity index (χ3n) is 3.57. The second-order valence-corrected chi connectivity index (χ2v) is 5.69. The van der Waals surface area contributed by atoms with Crippen LogP contribution < -0.4 is 5.32 Å². The Morgan fingerprint density at radius 2 is 1.86 bits per heavy atom. The third-order valence-corrected chi connectivity index (χ3v) is 3.94. The van der Waals surface area contributed by atoms with Gasteiger partial charge in [-0.05, 0) is 50.4 Å². The lowest BCUT2D eigenvalue weighted by Crippen LogP contribution is -2.20. The quantitative estimate of drug-likeness (QED) is 0.706. The molecular formula is C18H23Cl2N. The Morgan fingerprint density at radius 3 is 2.57 bits per heavy atom. The van der Waals surface area contributed by atoms with Gasteiger partial charge in [0.25, 0.3) is 0 Å². The monoisotopic (exact) mass is 323 g/mol. The summed E-state index contributed by atoms with van der Waals surface area (Å²) in [4.78, 5) is 0. The van der Waals surface area contributed by atoms with Gasteiger partial charge in [-0.2, -0.15) is 0 Å². The van der Waals surface area contributed by atoms with E-state index in [1.165, 1.54) is 16.7 Å². The maximum absolute atomic E-state index is 6.16. The second-order valence-electron chi connectivity index (χ2n) is 5.28. The summed E-state index contributed by atoms with van der Waals surface area (Å²) in [5.41, 5.74) is 3.90. The van der Waals surface area contributed by atoms with Crippen LogP contribution in [0, 0.1) is 6.92 Å². The second kappa shape index (κ2) is 9.09. The molecule has 0 aliphatic carbocycles. The predicted octanol–water partition coefficient (Wildman–Crippen LogP) is 5.35. The van der Waals surface area contributed by atoms with Gasteiger partial charge in [0.1, 0.15) is 0 Å². The number of halogens is 2. The molecule has 0 saturated carbocycles. The predicted molar refractivity (Wildman–Crippen MR) is 94.6 cm³/mol. The molecule has 0 aliphatic rings. The Bertz CT molecular complexity index is 554.